The molecule has 14 heavy (non-hydrogen) atoms. The summed E-state index contributed by atoms with van der Waals surface area (Å²) < 4.78 is 24.3. The molecule has 0 aliphatic rings. The topological polar surface area (TPSA) is 37.4 Å². The van der Waals surface area contributed by atoms with Crippen LogP contribution in [-0.2, 0) is 10.0 Å². The van der Waals surface area contributed by atoms with Gasteiger partial charge in [-0.3, -0.25) is 4.31 Å². The molecule has 4 heteroatoms. The lowest BCUT2D eigenvalue weighted by Crippen LogP contribution is -2.30. The van der Waals surface area contributed by atoms with E-state index in [4.69, 9.17) is 0 Å². The fourth-order valence-corrected chi connectivity index (χ4v) is 2.30. The molecule has 0 bridgehead atoms. The molecular formula is C10H15NO2S. The van der Waals surface area contributed by atoms with Crippen LogP contribution in [-0.4, -0.2) is 21.2 Å². The van der Waals surface area contributed by atoms with Gasteiger partial charge in [-0.1, -0.05) is 25.1 Å². The van der Waals surface area contributed by atoms with Crippen LogP contribution in [0.25, 0.3) is 0 Å². The van der Waals surface area contributed by atoms with Crippen molar-refractivity contribution in [3.8, 4) is 0 Å². The van der Waals surface area contributed by atoms with Crippen molar-refractivity contribution in [1.82, 2.24) is 0 Å². The second-order valence-electron chi connectivity index (χ2n) is 3.17. The minimum atomic E-state index is -3.15. The molecule has 78 valence electrons. The van der Waals surface area contributed by atoms with Crippen molar-refractivity contribution in [2.45, 2.75) is 13.3 Å². The average Bonchev–Trinajstić information content (AvgIpc) is 2.14. The molecular weight excluding hydrogens is 198 g/mol. The lowest BCUT2D eigenvalue weighted by Gasteiger charge is -2.21. The van der Waals surface area contributed by atoms with E-state index in [-0.39, 0.29) is 0 Å². The predicted molar refractivity (Wildman–Crippen MR) is 58.9 cm³/mol. The largest absolute Gasteiger partial charge is 0.270 e. The van der Waals surface area contributed by atoms with Crippen LogP contribution in [0.15, 0.2) is 30.3 Å². The molecule has 0 heterocycles. The molecule has 1 rings (SSSR count). The van der Waals surface area contributed by atoms with Gasteiger partial charge in [0.25, 0.3) is 0 Å². The second-order valence-corrected chi connectivity index (χ2v) is 5.08. The third-order valence-electron chi connectivity index (χ3n) is 1.87. The lowest BCUT2D eigenvalue weighted by atomic mass is 10.3. The Morgan fingerprint density at radius 3 is 2.21 bits per heavy atom. The first-order valence-corrected chi connectivity index (χ1v) is 6.43. The van der Waals surface area contributed by atoms with E-state index in [0.717, 1.165) is 12.1 Å². The first-order valence-electron chi connectivity index (χ1n) is 4.58. The van der Waals surface area contributed by atoms with Gasteiger partial charge in [0.15, 0.2) is 0 Å². The quantitative estimate of drug-likeness (QED) is 0.765. The first kappa shape index (κ1) is 11.0. The monoisotopic (exact) mass is 213 g/mol. The summed E-state index contributed by atoms with van der Waals surface area (Å²) in [6, 6.07) is 9.15. The van der Waals surface area contributed by atoms with Crippen LogP contribution in [0.2, 0.25) is 0 Å². The summed E-state index contributed by atoms with van der Waals surface area (Å²) in [5.74, 6) is 0. The van der Waals surface area contributed by atoms with E-state index in [0.29, 0.717) is 6.54 Å². The van der Waals surface area contributed by atoms with Crippen LogP contribution in [0.3, 0.4) is 0 Å². The van der Waals surface area contributed by atoms with E-state index in [1.807, 2.05) is 25.1 Å². The zero-order valence-corrected chi connectivity index (χ0v) is 9.29. The summed E-state index contributed by atoms with van der Waals surface area (Å²) in [5.41, 5.74) is 0.733. The highest BCUT2D eigenvalue weighted by Gasteiger charge is 2.15. The second kappa shape index (κ2) is 4.46. The van der Waals surface area contributed by atoms with Gasteiger partial charge in [0.1, 0.15) is 0 Å². The third-order valence-corrected chi connectivity index (χ3v) is 3.07. The molecule has 0 radical (unpaired) electrons. The molecule has 0 N–H and O–H groups in total. The molecule has 0 amide bonds. The zero-order chi connectivity index (χ0) is 10.6. The van der Waals surface area contributed by atoms with Gasteiger partial charge in [-0.25, -0.2) is 8.42 Å². The van der Waals surface area contributed by atoms with Gasteiger partial charge in [-0.15, -0.1) is 0 Å². The number of hydrogen-bond acceptors (Lipinski definition) is 2. The summed E-state index contributed by atoms with van der Waals surface area (Å²) >= 11 is 0. The molecule has 0 aliphatic heterocycles. The Morgan fingerprint density at radius 1 is 1.21 bits per heavy atom. The molecule has 0 aromatic heterocycles. The summed E-state index contributed by atoms with van der Waals surface area (Å²) in [6.07, 6.45) is 2.04. The Hall–Kier alpha value is -1.03. The lowest BCUT2D eigenvalue weighted by molar-refractivity contribution is 0.596. The maximum Gasteiger partial charge on any atom is 0.232 e. The Morgan fingerprint density at radius 2 is 1.79 bits per heavy atom. The Bertz CT molecular complexity index is 372. The van der Waals surface area contributed by atoms with Gasteiger partial charge >= 0.3 is 0 Å². The van der Waals surface area contributed by atoms with Crippen molar-refractivity contribution >= 4 is 15.7 Å². The van der Waals surface area contributed by atoms with E-state index < -0.39 is 10.0 Å². The standard InChI is InChI=1S/C10H15NO2S/c1-3-9-11(14(2,12)13)10-7-5-4-6-8-10/h4-8H,3,9H2,1-2H3. The molecule has 0 fully saturated rings. The van der Waals surface area contributed by atoms with Gasteiger partial charge < -0.3 is 0 Å². The highest BCUT2D eigenvalue weighted by Crippen LogP contribution is 2.16. The summed E-state index contributed by atoms with van der Waals surface area (Å²) in [5, 5.41) is 0. The Kier molecular flexibility index (Phi) is 3.52. The smallest absolute Gasteiger partial charge is 0.232 e. The maximum atomic E-state index is 11.4. The number of anilines is 1. The minimum absolute atomic E-state index is 0.531. The molecule has 3 nitrogen and oxygen atoms in total. The van der Waals surface area contributed by atoms with Crippen molar-refractivity contribution in [3.63, 3.8) is 0 Å². The van der Waals surface area contributed by atoms with Crippen LogP contribution in [0.5, 0.6) is 0 Å². The van der Waals surface area contributed by atoms with Crippen molar-refractivity contribution in [1.29, 1.82) is 0 Å². The Balaban J connectivity index is 3.02. The highest BCUT2D eigenvalue weighted by molar-refractivity contribution is 7.92. The first-order chi connectivity index (χ1) is 6.55. The van der Waals surface area contributed by atoms with Crippen molar-refractivity contribution in [2.75, 3.05) is 17.1 Å². The van der Waals surface area contributed by atoms with Crippen molar-refractivity contribution < 1.29 is 8.42 Å². The molecule has 0 saturated heterocycles. The van der Waals surface area contributed by atoms with Crippen LogP contribution < -0.4 is 4.31 Å². The number of para-hydroxylation sites is 1. The average molecular weight is 213 g/mol. The fourth-order valence-electron chi connectivity index (χ4n) is 1.28. The summed E-state index contributed by atoms with van der Waals surface area (Å²) in [4.78, 5) is 0. The van der Waals surface area contributed by atoms with Gasteiger partial charge in [0.2, 0.25) is 10.0 Å². The molecule has 0 saturated carbocycles. The normalized spacial score (nSPS) is 11.3. The number of hydrogen-bond donors (Lipinski definition) is 0. The summed E-state index contributed by atoms with van der Waals surface area (Å²) in [7, 11) is -3.15. The van der Waals surface area contributed by atoms with Gasteiger partial charge in [-0.2, -0.15) is 0 Å². The highest BCUT2D eigenvalue weighted by atomic mass is 32.2. The van der Waals surface area contributed by atoms with Crippen LogP contribution >= 0.6 is 0 Å². The number of rotatable bonds is 4. The van der Waals surface area contributed by atoms with E-state index in [2.05, 4.69) is 0 Å². The number of sulfonamides is 1. The van der Waals surface area contributed by atoms with Gasteiger partial charge in [-0.05, 0) is 18.6 Å². The van der Waals surface area contributed by atoms with E-state index in [9.17, 15) is 8.42 Å². The molecule has 0 unspecified atom stereocenters. The van der Waals surface area contributed by atoms with Crippen LogP contribution in [0.4, 0.5) is 5.69 Å². The van der Waals surface area contributed by atoms with E-state index in [1.165, 1.54) is 10.6 Å². The molecule has 1 aromatic rings. The minimum Gasteiger partial charge on any atom is -0.270 e. The van der Waals surface area contributed by atoms with Gasteiger partial charge in [0.05, 0.1) is 11.9 Å². The SMILES string of the molecule is CCCN(c1ccccc1)S(C)(=O)=O. The molecule has 0 spiro atoms. The van der Waals surface area contributed by atoms with Crippen molar-refractivity contribution in [3.05, 3.63) is 30.3 Å². The van der Waals surface area contributed by atoms with Crippen LogP contribution in [0, 0.1) is 0 Å². The predicted octanol–water partition coefficient (Wildman–Crippen LogP) is 1.86. The third kappa shape index (κ3) is 2.73. The van der Waals surface area contributed by atoms with Gasteiger partial charge in [0, 0.05) is 6.54 Å². The molecule has 0 atom stereocenters. The molecule has 0 aliphatic carbocycles. The van der Waals surface area contributed by atoms with Crippen LogP contribution in [0.1, 0.15) is 13.3 Å². The zero-order valence-electron chi connectivity index (χ0n) is 8.47. The van der Waals surface area contributed by atoms with E-state index in [1.54, 1.807) is 12.1 Å². The maximum absolute atomic E-state index is 11.4. The number of nitrogens with zero attached hydrogens (tertiary/aromatic N) is 1. The summed E-state index contributed by atoms with van der Waals surface area (Å²) in [6.45, 7) is 2.49. The molecule has 1 aromatic carbocycles. The fraction of sp³-hybridized carbons (Fsp3) is 0.400. The van der Waals surface area contributed by atoms with Crippen molar-refractivity contribution in [2.24, 2.45) is 0 Å². The Labute approximate surface area is 85.4 Å². The number of benzene rings is 1. The van der Waals surface area contributed by atoms with E-state index >= 15 is 0 Å².